The highest BCUT2D eigenvalue weighted by Gasteiger charge is 2.32. The van der Waals surface area contributed by atoms with Gasteiger partial charge in [-0.1, -0.05) is 23.7 Å². The molecule has 23 heavy (non-hydrogen) atoms. The number of aromatic amines is 1. The smallest absolute Gasteiger partial charge is 0.352 e. The maximum absolute atomic E-state index is 12.4. The van der Waals surface area contributed by atoms with Crippen LogP contribution in [0.4, 0.5) is 13.2 Å². The van der Waals surface area contributed by atoms with Crippen LogP contribution in [0.2, 0.25) is 5.02 Å². The van der Waals surface area contributed by atoms with E-state index in [1.54, 1.807) is 23.2 Å². The van der Waals surface area contributed by atoms with E-state index in [0.29, 0.717) is 17.5 Å². The van der Waals surface area contributed by atoms with Gasteiger partial charge in [0.2, 0.25) is 0 Å². The normalized spacial score (nSPS) is 11.3. The second-order valence-electron chi connectivity index (χ2n) is 4.75. The molecule has 0 bridgehead atoms. The fraction of sp³-hybridized carbons (Fsp3) is 0.200. The Balaban J connectivity index is 2.00. The van der Waals surface area contributed by atoms with Crippen LogP contribution in [-0.2, 0) is 12.6 Å². The first-order valence-corrected chi connectivity index (χ1v) is 6.98. The average molecular weight is 345 g/mol. The van der Waals surface area contributed by atoms with Gasteiger partial charge in [0, 0.05) is 11.6 Å². The molecule has 0 radical (unpaired) electrons. The summed E-state index contributed by atoms with van der Waals surface area (Å²) in [5.74, 6) is -0.734. The maximum Gasteiger partial charge on any atom is 0.431 e. The molecule has 2 aromatic rings. The fourth-order valence-electron chi connectivity index (χ4n) is 1.93. The molecular formula is C15H12ClF3N2O2. The molecule has 1 amide bonds. The van der Waals surface area contributed by atoms with E-state index in [-0.39, 0.29) is 12.1 Å². The van der Waals surface area contributed by atoms with Gasteiger partial charge in [-0.3, -0.25) is 9.59 Å². The molecule has 2 N–H and O–H groups in total. The number of halogens is 4. The molecule has 0 fully saturated rings. The Morgan fingerprint density at radius 3 is 2.57 bits per heavy atom. The summed E-state index contributed by atoms with van der Waals surface area (Å²) < 4.78 is 37.3. The van der Waals surface area contributed by atoms with Crippen LogP contribution in [0.3, 0.4) is 0 Å². The van der Waals surface area contributed by atoms with Crippen LogP contribution < -0.4 is 10.9 Å². The average Bonchev–Trinajstić information content (AvgIpc) is 2.46. The number of benzene rings is 1. The van der Waals surface area contributed by atoms with Crippen molar-refractivity contribution in [2.45, 2.75) is 12.6 Å². The summed E-state index contributed by atoms with van der Waals surface area (Å²) in [4.78, 5) is 25.1. The van der Waals surface area contributed by atoms with E-state index in [4.69, 9.17) is 11.6 Å². The van der Waals surface area contributed by atoms with Crippen LogP contribution in [-0.4, -0.2) is 17.4 Å². The quantitative estimate of drug-likeness (QED) is 0.895. The number of aromatic nitrogens is 1. The van der Waals surface area contributed by atoms with E-state index >= 15 is 0 Å². The first kappa shape index (κ1) is 17.1. The summed E-state index contributed by atoms with van der Waals surface area (Å²) in [6, 6.07) is 8.55. The lowest BCUT2D eigenvalue weighted by Gasteiger charge is -2.08. The Morgan fingerprint density at radius 2 is 1.96 bits per heavy atom. The van der Waals surface area contributed by atoms with E-state index in [2.05, 4.69) is 5.32 Å². The van der Waals surface area contributed by atoms with Crippen LogP contribution >= 0.6 is 11.6 Å². The van der Waals surface area contributed by atoms with Crippen LogP contribution in [0.5, 0.6) is 0 Å². The number of carbonyl (C=O) groups excluding carboxylic acids is 1. The van der Waals surface area contributed by atoms with Gasteiger partial charge in [0.1, 0.15) is 11.3 Å². The molecule has 4 nitrogen and oxygen atoms in total. The molecule has 0 spiro atoms. The number of carbonyl (C=O) groups is 1. The predicted molar refractivity (Wildman–Crippen MR) is 79.6 cm³/mol. The lowest BCUT2D eigenvalue weighted by molar-refractivity contribution is -0.141. The Bertz CT molecular complexity index is 772. The molecule has 0 atom stereocenters. The Labute approximate surface area is 134 Å². The summed E-state index contributed by atoms with van der Waals surface area (Å²) in [7, 11) is 0. The van der Waals surface area contributed by atoms with Gasteiger partial charge >= 0.3 is 6.18 Å². The molecule has 0 aliphatic carbocycles. The topological polar surface area (TPSA) is 62.0 Å². The standard InChI is InChI=1S/C15H12ClF3N2O2/c16-10-3-1-2-9(8-10)6-7-20-13(22)11-4-5-12(15(17,18)19)21-14(11)23/h1-5,8H,6-7H2,(H,20,22)(H,21,23). The van der Waals surface area contributed by atoms with Crippen molar-refractivity contribution < 1.29 is 18.0 Å². The highest BCUT2D eigenvalue weighted by molar-refractivity contribution is 6.30. The molecule has 8 heteroatoms. The summed E-state index contributed by atoms with van der Waals surface area (Å²) in [6.07, 6.45) is -4.19. The zero-order valence-corrected chi connectivity index (χ0v) is 12.5. The summed E-state index contributed by atoms with van der Waals surface area (Å²) in [5, 5.41) is 3.05. The van der Waals surface area contributed by atoms with Crippen molar-refractivity contribution in [1.82, 2.24) is 10.3 Å². The third-order valence-electron chi connectivity index (χ3n) is 3.05. The van der Waals surface area contributed by atoms with Gasteiger partial charge < -0.3 is 10.3 Å². The third kappa shape index (κ3) is 4.59. The summed E-state index contributed by atoms with van der Waals surface area (Å²) in [6.45, 7) is 0.222. The maximum atomic E-state index is 12.4. The Hall–Kier alpha value is -2.28. The first-order valence-electron chi connectivity index (χ1n) is 6.60. The molecule has 1 aromatic carbocycles. The zero-order valence-electron chi connectivity index (χ0n) is 11.7. The molecule has 0 saturated carbocycles. The van der Waals surface area contributed by atoms with Crippen molar-refractivity contribution in [2.24, 2.45) is 0 Å². The van der Waals surface area contributed by atoms with E-state index in [9.17, 15) is 22.8 Å². The van der Waals surface area contributed by atoms with Crippen molar-refractivity contribution in [3.8, 4) is 0 Å². The molecule has 1 aromatic heterocycles. The van der Waals surface area contributed by atoms with Gasteiger partial charge in [0.15, 0.2) is 0 Å². The minimum Gasteiger partial charge on any atom is -0.352 e. The summed E-state index contributed by atoms with van der Waals surface area (Å²) in [5.41, 5.74) is -1.76. The van der Waals surface area contributed by atoms with Gasteiger partial charge in [0.05, 0.1) is 0 Å². The number of nitrogens with one attached hydrogen (secondary N) is 2. The Kier molecular flexibility index (Phi) is 5.10. The largest absolute Gasteiger partial charge is 0.431 e. The lowest BCUT2D eigenvalue weighted by atomic mass is 10.1. The van der Waals surface area contributed by atoms with Gasteiger partial charge in [0.25, 0.3) is 11.5 Å². The van der Waals surface area contributed by atoms with Crippen molar-refractivity contribution in [3.05, 3.63) is 68.6 Å². The van der Waals surface area contributed by atoms with Gasteiger partial charge in [-0.05, 0) is 36.2 Å². The predicted octanol–water partition coefficient (Wildman–Crippen LogP) is 3.02. The molecule has 0 aliphatic rings. The van der Waals surface area contributed by atoms with Gasteiger partial charge in [-0.15, -0.1) is 0 Å². The zero-order chi connectivity index (χ0) is 17.0. The molecule has 1 heterocycles. The second-order valence-corrected chi connectivity index (χ2v) is 5.18. The molecule has 0 saturated heterocycles. The van der Waals surface area contributed by atoms with Crippen LogP contribution in [0.15, 0.2) is 41.2 Å². The SMILES string of the molecule is O=C(NCCc1cccc(Cl)c1)c1ccc(C(F)(F)F)[nH]c1=O. The molecular weight excluding hydrogens is 333 g/mol. The van der Waals surface area contributed by atoms with Crippen molar-refractivity contribution in [3.63, 3.8) is 0 Å². The van der Waals surface area contributed by atoms with Crippen LogP contribution in [0, 0.1) is 0 Å². The summed E-state index contributed by atoms with van der Waals surface area (Å²) >= 11 is 5.83. The highest BCUT2D eigenvalue weighted by atomic mass is 35.5. The fourth-order valence-corrected chi connectivity index (χ4v) is 2.14. The number of amides is 1. The molecule has 2 rings (SSSR count). The molecule has 122 valence electrons. The van der Waals surface area contributed by atoms with E-state index in [1.807, 2.05) is 6.07 Å². The lowest BCUT2D eigenvalue weighted by Crippen LogP contribution is -2.32. The van der Waals surface area contributed by atoms with E-state index in [0.717, 1.165) is 11.6 Å². The van der Waals surface area contributed by atoms with Crippen LogP contribution in [0.1, 0.15) is 21.6 Å². The first-order chi connectivity index (χ1) is 10.8. The monoisotopic (exact) mass is 344 g/mol. The number of pyridine rings is 1. The van der Waals surface area contributed by atoms with E-state index < -0.39 is 23.3 Å². The minimum absolute atomic E-state index is 0.222. The van der Waals surface area contributed by atoms with Gasteiger partial charge in [-0.2, -0.15) is 13.2 Å². The number of H-pyrrole nitrogens is 1. The number of alkyl halides is 3. The molecule has 0 aliphatic heterocycles. The Morgan fingerprint density at radius 1 is 1.22 bits per heavy atom. The van der Waals surface area contributed by atoms with E-state index in [1.165, 1.54) is 0 Å². The van der Waals surface area contributed by atoms with Crippen molar-refractivity contribution in [1.29, 1.82) is 0 Å². The van der Waals surface area contributed by atoms with Crippen molar-refractivity contribution in [2.75, 3.05) is 6.54 Å². The minimum atomic E-state index is -4.67. The molecule has 0 unspecified atom stereocenters. The number of hydrogen-bond acceptors (Lipinski definition) is 2. The van der Waals surface area contributed by atoms with Crippen molar-refractivity contribution >= 4 is 17.5 Å². The third-order valence-corrected chi connectivity index (χ3v) is 3.28. The number of rotatable bonds is 4. The highest BCUT2D eigenvalue weighted by Crippen LogP contribution is 2.26. The number of hydrogen-bond donors (Lipinski definition) is 2. The van der Waals surface area contributed by atoms with Crippen LogP contribution in [0.25, 0.3) is 0 Å². The van der Waals surface area contributed by atoms with Gasteiger partial charge in [-0.25, -0.2) is 0 Å². The second kappa shape index (κ2) is 6.87.